The molecule has 2 heterocycles. The number of hydrogen-bond donors (Lipinski definition) is 2. The van der Waals surface area contributed by atoms with Crippen molar-refractivity contribution in [3.8, 4) is 5.88 Å². The van der Waals surface area contributed by atoms with Crippen LogP contribution < -0.4 is 15.8 Å². The molecule has 5 nitrogen and oxygen atoms in total. The van der Waals surface area contributed by atoms with E-state index in [2.05, 4.69) is 31.1 Å². The van der Waals surface area contributed by atoms with E-state index in [1.54, 1.807) is 0 Å². The number of aromatic nitrogens is 1. The average Bonchev–Trinajstić information content (AvgIpc) is 2.75. The molecule has 0 bridgehead atoms. The first kappa shape index (κ1) is 13.9. The molecule has 0 radical (unpaired) electrons. The predicted octanol–water partition coefficient (Wildman–Crippen LogP) is 2.29. The van der Waals surface area contributed by atoms with Crippen molar-refractivity contribution >= 4 is 11.5 Å². The van der Waals surface area contributed by atoms with Crippen LogP contribution in [0.5, 0.6) is 5.88 Å². The summed E-state index contributed by atoms with van der Waals surface area (Å²) < 4.78 is 11.1. The third-order valence-electron chi connectivity index (χ3n) is 3.15. The van der Waals surface area contributed by atoms with Crippen molar-refractivity contribution in [2.45, 2.75) is 39.3 Å². The molecule has 1 fully saturated rings. The Morgan fingerprint density at radius 2 is 2.32 bits per heavy atom. The minimum Gasteiger partial charge on any atom is -0.476 e. The highest BCUT2D eigenvalue weighted by atomic mass is 16.5. The van der Waals surface area contributed by atoms with Crippen LogP contribution in [-0.2, 0) is 4.74 Å². The minimum atomic E-state index is 0.208. The number of nitrogens with one attached hydrogen (secondary N) is 1. The predicted molar refractivity (Wildman–Crippen MR) is 76.4 cm³/mol. The van der Waals surface area contributed by atoms with E-state index in [0.717, 1.165) is 18.8 Å². The molecule has 106 valence electrons. The molecule has 1 aliphatic rings. The summed E-state index contributed by atoms with van der Waals surface area (Å²) in [4.78, 5) is 4.43. The molecular formula is C14H23N3O2. The molecule has 1 aromatic heterocycles. The molecule has 2 atom stereocenters. The number of anilines is 2. The minimum absolute atomic E-state index is 0.208. The van der Waals surface area contributed by atoms with Gasteiger partial charge in [0.1, 0.15) is 5.82 Å². The molecule has 5 heteroatoms. The fourth-order valence-electron chi connectivity index (χ4n) is 2.00. The van der Waals surface area contributed by atoms with E-state index < -0.39 is 0 Å². The van der Waals surface area contributed by atoms with E-state index >= 15 is 0 Å². The van der Waals surface area contributed by atoms with Crippen molar-refractivity contribution in [3.63, 3.8) is 0 Å². The highest BCUT2D eigenvalue weighted by Crippen LogP contribution is 2.24. The van der Waals surface area contributed by atoms with Crippen molar-refractivity contribution in [1.82, 2.24) is 4.98 Å². The summed E-state index contributed by atoms with van der Waals surface area (Å²) in [7, 11) is 0. The molecule has 0 spiro atoms. The van der Waals surface area contributed by atoms with Gasteiger partial charge < -0.3 is 20.5 Å². The van der Waals surface area contributed by atoms with Crippen LogP contribution in [0.4, 0.5) is 11.5 Å². The lowest BCUT2D eigenvalue weighted by molar-refractivity contribution is 0.121. The van der Waals surface area contributed by atoms with Crippen LogP contribution in [0.15, 0.2) is 12.1 Å². The number of nitrogen functional groups attached to an aromatic ring is 1. The number of nitrogens with zero attached hydrogens (tertiary/aromatic N) is 1. The van der Waals surface area contributed by atoms with E-state index in [1.165, 1.54) is 0 Å². The second kappa shape index (κ2) is 6.10. The van der Waals surface area contributed by atoms with Gasteiger partial charge in [-0.25, -0.2) is 0 Å². The van der Waals surface area contributed by atoms with Crippen molar-refractivity contribution < 1.29 is 9.47 Å². The molecule has 0 amide bonds. The van der Waals surface area contributed by atoms with Gasteiger partial charge in [0.25, 0.3) is 0 Å². The molecule has 1 saturated heterocycles. The van der Waals surface area contributed by atoms with Gasteiger partial charge in [0.05, 0.1) is 24.4 Å². The van der Waals surface area contributed by atoms with E-state index in [1.807, 2.05) is 12.1 Å². The molecule has 2 rings (SSSR count). The zero-order chi connectivity index (χ0) is 13.8. The number of pyridine rings is 1. The van der Waals surface area contributed by atoms with Gasteiger partial charge in [0.15, 0.2) is 0 Å². The lowest BCUT2D eigenvalue weighted by Gasteiger charge is -2.18. The van der Waals surface area contributed by atoms with Crippen molar-refractivity contribution in [2.75, 3.05) is 24.3 Å². The standard InChI is InChI=1S/C14H23N3O2/c1-9(2)8-19-14-11(15)4-5-13(17-14)16-12-6-7-18-10(12)3/h4-5,9-10,12H,6-8,15H2,1-3H3,(H,16,17). The summed E-state index contributed by atoms with van der Waals surface area (Å²) in [6.07, 6.45) is 1.20. The second-order valence-corrected chi connectivity index (χ2v) is 5.41. The summed E-state index contributed by atoms with van der Waals surface area (Å²) in [5, 5.41) is 3.37. The Kier molecular flexibility index (Phi) is 4.47. The van der Waals surface area contributed by atoms with Crippen molar-refractivity contribution in [2.24, 2.45) is 5.92 Å². The van der Waals surface area contributed by atoms with Gasteiger partial charge in [0.2, 0.25) is 5.88 Å². The van der Waals surface area contributed by atoms with E-state index in [4.69, 9.17) is 15.2 Å². The Morgan fingerprint density at radius 3 is 2.95 bits per heavy atom. The molecule has 1 aliphatic heterocycles. The number of rotatable bonds is 5. The van der Waals surface area contributed by atoms with Crippen LogP contribution in [0.1, 0.15) is 27.2 Å². The second-order valence-electron chi connectivity index (χ2n) is 5.41. The van der Waals surface area contributed by atoms with Crippen LogP contribution in [0.25, 0.3) is 0 Å². The Labute approximate surface area is 114 Å². The first-order valence-electron chi connectivity index (χ1n) is 6.83. The molecule has 3 N–H and O–H groups in total. The number of ether oxygens (including phenoxy) is 2. The first-order valence-corrected chi connectivity index (χ1v) is 6.83. The van der Waals surface area contributed by atoms with Crippen molar-refractivity contribution in [1.29, 1.82) is 0 Å². The maximum absolute atomic E-state index is 5.87. The van der Waals surface area contributed by atoms with Crippen LogP contribution in [0, 0.1) is 5.92 Å². The fourth-order valence-corrected chi connectivity index (χ4v) is 2.00. The summed E-state index contributed by atoms with van der Waals surface area (Å²) in [6.45, 7) is 7.66. The number of hydrogen-bond acceptors (Lipinski definition) is 5. The molecule has 1 aromatic rings. The van der Waals surface area contributed by atoms with Gasteiger partial charge in [-0.15, -0.1) is 0 Å². The third kappa shape index (κ3) is 3.73. The average molecular weight is 265 g/mol. The molecule has 2 unspecified atom stereocenters. The molecule has 0 saturated carbocycles. The molecule has 0 aromatic carbocycles. The highest BCUT2D eigenvalue weighted by Gasteiger charge is 2.24. The largest absolute Gasteiger partial charge is 0.476 e. The van der Waals surface area contributed by atoms with Gasteiger partial charge >= 0.3 is 0 Å². The smallest absolute Gasteiger partial charge is 0.239 e. The normalized spacial score (nSPS) is 22.7. The van der Waals surface area contributed by atoms with Crippen LogP contribution >= 0.6 is 0 Å². The van der Waals surface area contributed by atoms with Gasteiger partial charge in [-0.1, -0.05) is 13.8 Å². The summed E-state index contributed by atoms with van der Waals surface area (Å²) in [5.41, 5.74) is 6.44. The van der Waals surface area contributed by atoms with E-state index in [9.17, 15) is 0 Å². The number of nitrogens with two attached hydrogens (primary N) is 1. The van der Waals surface area contributed by atoms with Gasteiger partial charge in [-0.05, 0) is 31.4 Å². The Hall–Kier alpha value is -1.49. The summed E-state index contributed by atoms with van der Waals surface area (Å²) in [6, 6.07) is 4.00. The Morgan fingerprint density at radius 1 is 1.53 bits per heavy atom. The van der Waals surface area contributed by atoms with Gasteiger partial charge in [-0.2, -0.15) is 4.98 Å². The van der Waals surface area contributed by atoms with Crippen LogP contribution in [0.3, 0.4) is 0 Å². The fraction of sp³-hybridized carbons (Fsp3) is 0.643. The van der Waals surface area contributed by atoms with E-state index in [-0.39, 0.29) is 6.10 Å². The van der Waals surface area contributed by atoms with Gasteiger partial charge in [0, 0.05) is 6.61 Å². The molecule has 0 aliphatic carbocycles. The van der Waals surface area contributed by atoms with Gasteiger partial charge in [-0.3, -0.25) is 0 Å². The lowest BCUT2D eigenvalue weighted by Crippen LogP contribution is -2.27. The first-order chi connectivity index (χ1) is 9.06. The van der Waals surface area contributed by atoms with Crippen molar-refractivity contribution in [3.05, 3.63) is 12.1 Å². The molecule has 19 heavy (non-hydrogen) atoms. The maximum atomic E-state index is 5.87. The lowest BCUT2D eigenvalue weighted by atomic mass is 10.1. The zero-order valence-corrected chi connectivity index (χ0v) is 11.8. The topological polar surface area (TPSA) is 69.4 Å². The zero-order valence-electron chi connectivity index (χ0n) is 11.8. The van der Waals surface area contributed by atoms with Crippen LogP contribution in [-0.4, -0.2) is 30.3 Å². The molecular weight excluding hydrogens is 242 g/mol. The van der Waals surface area contributed by atoms with E-state index in [0.29, 0.717) is 30.1 Å². The Balaban J connectivity index is 2.03. The summed E-state index contributed by atoms with van der Waals surface area (Å²) >= 11 is 0. The maximum Gasteiger partial charge on any atom is 0.239 e. The quantitative estimate of drug-likeness (QED) is 0.855. The van der Waals surface area contributed by atoms with Crippen LogP contribution in [0.2, 0.25) is 0 Å². The monoisotopic (exact) mass is 265 g/mol. The SMILES string of the molecule is CC(C)COc1nc(NC2CCOC2C)ccc1N. The highest BCUT2D eigenvalue weighted by molar-refractivity contribution is 5.54. The summed E-state index contributed by atoms with van der Waals surface area (Å²) in [5.74, 6) is 1.74. The third-order valence-corrected chi connectivity index (χ3v) is 3.15. The Bertz CT molecular complexity index is 423.